The Labute approximate surface area is 115 Å². The van der Waals surface area contributed by atoms with Crippen molar-refractivity contribution in [2.45, 2.75) is 6.54 Å². The number of anilines is 1. The molecule has 19 heavy (non-hydrogen) atoms. The topological polar surface area (TPSA) is 55.1 Å². The Morgan fingerprint density at radius 1 is 1.26 bits per heavy atom. The zero-order chi connectivity index (χ0) is 13.8. The Kier molecular flexibility index (Phi) is 4.02. The highest BCUT2D eigenvalue weighted by Gasteiger charge is 2.07. The molecule has 0 aliphatic rings. The lowest BCUT2D eigenvalue weighted by atomic mass is 10.1. The van der Waals surface area contributed by atoms with Crippen LogP contribution in [-0.4, -0.2) is 5.91 Å². The number of nitrogens with one attached hydrogen (secondary N) is 1. The first-order valence-corrected chi connectivity index (χ1v) is 6.02. The SMILES string of the molecule is NC(=O)c1cccc(NCc2c(F)cccc2Cl)c1. The van der Waals surface area contributed by atoms with Crippen molar-refractivity contribution < 1.29 is 9.18 Å². The fourth-order valence-corrected chi connectivity index (χ4v) is 1.90. The Morgan fingerprint density at radius 3 is 2.68 bits per heavy atom. The maximum atomic E-state index is 13.6. The van der Waals surface area contributed by atoms with Crippen LogP contribution in [0, 0.1) is 5.82 Å². The van der Waals surface area contributed by atoms with Crippen LogP contribution in [-0.2, 0) is 6.54 Å². The van der Waals surface area contributed by atoms with Crippen molar-refractivity contribution in [3.8, 4) is 0 Å². The number of benzene rings is 2. The second-order valence-corrected chi connectivity index (χ2v) is 4.41. The molecule has 0 atom stereocenters. The van der Waals surface area contributed by atoms with Gasteiger partial charge < -0.3 is 11.1 Å². The maximum Gasteiger partial charge on any atom is 0.248 e. The molecule has 5 heteroatoms. The second-order valence-electron chi connectivity index (χ2n) is 4.00. The van der Waals surface area contributed by atoms with Crippen molar-refractivity contribution in [3.63, 3.8) is 0 Å². The first-order chi connectivity index (χ1) is 9.08. The van der Waals surface area contributed by atoms with Crippen LogP contribution >= 0.6 is 11.6 Å². The number of carbonyl (C=O) groups excluding carboxylic acids is 1. The van der Waals surface area contributed by atoms with Crippen LogP contribution in [0.5, 0.6) is 0 Å². The van der Waals surface area contributed by atoms with Gasteiger partial charge in [0.25, 0.3) is 0 Å². The molecule has 3 nitrogen and oxygen atoms in total. The molecule has 0 spiro atoms. The summed E-state index contributed by atoms with van der Waals surface area (Å²) in [4.78, 5) is 11.0. The summed E-state index contributed by atoms with van der Waals surface area (Å²) in [6.07, 6.45) is 0. The fourth-order valence-electron chi connectivity index (χ4n) is 1.67. The standard InChI is InChI=1S/C14H12ClFN2O/c15-12-5-2-6-13(16)11(12)8-18-10-4-1-3-9(7-10)14(17)19/h1-7,18H,8H2,(H2,17,19). The summed E-state index contributed by atoms with van der Waals surface area (Å²) in [5, 5.41) is 3.37. The van der Waals surface area contributed by atoms with Gasteiger partial charge in [0.1, 0.15) is 5.82 Å². The van der Waals surface area contributed by atoms with E-state index in [4.69, 9.17) is 17.3 Å². The molecule has 0 aromatic heterocycles. The van der Waals surface area contributed by atoms with Gasteiger partial charge in [-0.05, 0) is 30.3 Å². The van der Waals surface area contributed by atoms with Gasteiger partial charge in [0.2, 0.25) is 5.91 Å². The van der Waals surface area contributed by atoms with Crippen molar-refractivity contribution >= 4 is 23.2 Å². The molecule has 0 fully saturated rings. The monoisotopic (exact) mass is 278 g/mol. The molecule has 2 aromatic rings. The molecule has 0 aliphatic carbocycles. The minimum Gasteiger partial charge on any atom is -0.381 e. The van der Waals surface area contributed by atoms with E-state index in [1.807, 2.05) is 0 Å². The van der Waals surface area contributed by atoms with E-state index < -0.39 is 5.91 Å². The van der Waals surface area contributed by atoms with Crippen LogP contribution in [0.15, 0.2) is 42.5 Å². The largest absolute Gasteiger partial charge is 0.381 e. The summed E-state index contributed by atoms with van der Waals surface area (Å²) in [5.41, 5.74) is 6.64. The van der Waals surface area contributed by atoms with E-state index in [9.17, 15) is 9.18 Å². The lowest BCUT2D eigenvalue weighted by Crippen LogP contribution is -2.11. The zero-order valence-electron chi connectivity index (χ0n) is 9.99. The van der Waals surface area contributed by atoms with Crippen molar-refractivity contribution in [2.24, 2.45) is 5.73 Å². The van der Waals surface area contributed by atoms with E-state index in [1.54, 1.807) is 36.4 Å². The molecular weight excluding hydrogens is 267 g/mol. The molecule has 2 aromatic carbocycles. The van der Waals surface area contributed by atoms with Crippen molar-refractivity contribution in [2.75, 3.05) is 5.32 Å². The molecule has 3 N–H and O–H groups in total. The highest BCUT2D eigenvalue weighted by Crippen LogP contribution is 2.20. The third-order valence-electron chi connectivity index (χ3n) is 2.68. The van der Waals surface area contributed by atoms with Crippen LogP contribution in [0.3, 0.4) is 0 Å². The van der Waals surface area contributed by atoms with Gasteiger partial charge >= 0.3 is 0 Å². The third kappa shape index (κ3) is 3.23. The van der Waals surface area contributed by atoms with Gasteiger partial charge in [-0.15, -0.1) is 0 Å². The summed E-state index contributed by atoms with van der Waals surface area (Å²) in [5.74, 6) is -0.876. The Balaban J connectivity index is 2.15. The molecular formula is C14H12ClFN2O. The molecule has 0 saturated heterocycles. The van der Waals surface area contributed by atoms with E-state index in [0.717, 1.165) is 0 Å². The first kappa shape index (κ1) is 13.4. The van der Waals surface area contributed by atoms with Gasteiger partial charge in [-0.2, -0.15) is 0 Å². The van der Waals surface area contributed by atoms with E-state index >= 15 is 0 Å². The predicted molar refractivity (Wildman–Crippen MR) is 73.7 cm³/mol. The molecule has 98 valence electrons. The van der Waals surface area contributed by atoms with Gasteiger partial charge in [-0.25, -0.2) is 4.39 Å². The van der Waals surface area contributed by atoms with Gasteiger partial charge in [-0.3, -0.25) is 4.79 Å². The minimum atomic E-state index is -0.507. The summed E-state index contributed by atoms with van der Waals surface area (Å²) in [6.45, 7) is 0.230. The van der Waals surface area contributed by atoms with Crippen LogP contribution < -0.4 is 11.1 Å². The van der Waals surface area contributed by atoms with Crippen LogP contribution in [0.25, 0.3) is 0 Å². The zero-order valence-corrected chi connectivity index (χ0v) is 10.7. The summed E-state index contributed by atoms with van der Waals surface area (Å²) >= 11 is 5.92. The molecule has 1 amide bonds. The second kappa shape index (κ2) is 5.71. The number of primary amides is 1. The molecule has 0 aliphatic heterocycles. The average Bonchev–Trinajstić information content (AvgIpc) is 2.38. The Hall–Kier alpha value is -2.07. The van der Waals surface area contributed by atoms with E-state index in [-0.39, 0.29) is 12.4 Å². The van der Waals surface area contributed by atoms with Crippen molar-refractivity contribution in [1.82, 2.24) is 0 Å². The fraction of sp³-hybridized carbons (Fsp3) is 0.0714. The summed E-state index contributed by atoms with van der Waals surface area (Å²) < 4.78 is 13.6. The number of halogens is 2. The van der Waals surface area contributed by atoms with Gasteiger partial charge in [0.05, 0.1) is 0 Å². The van der Waals surface area contributed by atoms with E-state index in [0.29, 0.717) is 21.8 Å². The van der Waals surface area contributed by atoms with Crippen molar-refractivity contribution in [1.29, 1.82) is 0 Å². The number of amides is 1. The molecule has 0 unspecified atom stereocenters. The Bertz CT molecular complexity index is 596. The quantitative estimate of drug-likeness (QED) is 0.902. The highest BCUT2D eigenvalue weighted by molar-refractivity contribution is 6.31. The first-order valence-electron chi connectivity index (χ1n) is 5.64. The lowest BCUT2D eigenvalue weighted by Gasteiger charge is -2.09. The van der Waals surface area contributed by atoms with Crippen LogP contribution in [0.4, 0.5) is 10.1 Å². The highest BCUT2D eigenvalue weighted by atomic mass is 35.5. The van der Waals surface area contributed by atoms with Crippen LogP contribution in [0.2, 0.25) is 5.02 Å². The molecule has 0 saturated carbocycles. The number of nitrogens with two attached hydrogens (primary N) is 1. The molecule has 0 radical (unpaired) electrons. The minimum absolute atomic E-state index is 0.230. The van der Waals surface area contributed by atoms with Crippen molar-refractivity contribution in [3.05, 3.63) is 64.4 Å². The number of hydrogen-bond acceptors (Lipinski definition) is 2. The van der Waals surface area contributed by atoms with E-state index in [1.165, 1.54) is 6.07 Å². The summed E-state index contributed by atoms with van der Waals surface area (Å²) in [6, 6.07) is 11.2. The molecule has 0 heterocycles. The Morgan fingerprint density at radius 2 is 2.00 bits per heavy atom. The van der Waals surface area contributed by atoms with Gasteiger partial charge in [0.15, 0.2) is 0 Å². The maximum absolute atomic E-state index is 13.6. The van der Waals surface area contributed by atoms with Crippen LogP contribution in [0.1, 0.15) is 15.9 Å². The predicted octanol–water partition coefficient (Wildman–Crippen LogP) is 3.19. The number of hydrogen-bond donors (Lipinski definition) is 2. The van der Waals surface area contributed by atoms with Gasteiger partial charge in [-0.1, -0.05) is 23.7 Å². The van der Waals surface area contributed by atoms with E-state index in [2.05, 4.69) is 5.32 Å². The third-order valence-corrected chi connectivity index (χ3v) is 3.03. The molecule has 2 rings (SSSR count). The smallest absolute Gasteiger partial charge is 0.248 e. The normalized spacial score (nSPS) is 10.2. The average molecular weight is 279 g/mol. The molecule has 0 bridgehead atoms. The lowest BCUT2D eigenvalue weighted by molar-refractivity contribution is 0.100. The number of carbonyl (C=O) groups is 1. The number of rotatable bonds is 4. The summed E-state index contributed by atoms with van der Waals surface area (Å²) in [7, 11) is 0. The van der Waals surface area contributed by atoms with Gasteiger partial charge in [0, 0.05) is 28.4 Å².